The fourth-order valence-corrected chi connectivity index (χ4v) is 4.27. The van der Waals surface area contributed by atoms with Crippen LogP contribution in [-0.2, 0) is 0 Å². The summed E-state index contributed by atoms with van der Waals surface area (Å²) in [6.45, 7) is 9.88. The number of piperidine rings is 1. The largest absolute Gasteiger partial charge is 0.339 e. The topological polar surface area (TPSA) is 85.4 Å². The van der Waals surface area contributed by atoms with Crippen LogP contribution >= 0.6 is 0 Å². The van der Waals surface area contributed by atoms with Gasteiger partial charge in [0, 0.05) is 30.1 Å². The zero-order valence-electron chi connectivity index (χ0n) is 18.0. The first-order chi connectivity index (χ1) is 15.2. The number of para-hydroxylation sites is 1. The molecule has 1 aromatic heterocycles. The molecule has 7 nitrogen and oxygen atoms in total. The fraction of sp³-hybridized carbons (Fsp3) is 0.375. The first-order valence-electron chi connectivity index (χ1n) is 10.9. The minimum absolute atomic E-state index is 0.133. The Kier molecular flexibility index (Phi) is 6.74. The molecule has 31 heavy (non-hydrogen) atoms. The lowest BCUT2D eigenvalue weighted by atomic mass is 9.91. The fourth-order valence-electron chi connectivity index (χ4n) is 4.27. The van der Waals surface area contributed by atoms with E-state index in [1.807, 2.05) is 31.2 Å². The maximum atomic E-state index is 12.4. The van der Waals surface area contributed by atoms with Gasteiger partial charge >= 0.3 is 0 Å². The van der Waals surface area contributed by atoms with Crippen molar-refractivity contribution in [3.63, 3.8) is 0 Å². The summed E-state index contributed by atoms with van der Waals surface area (Å²) in [6.07, 6.45) is 2.27. The van der Waals surface area contributed by atoms with E-state index < -0.39 is 0 Å². The number of hydrogen-bond acceptors (Lipinski definition) is 5. The third kappa shape index (κ3) is 5.00. The Labute approximate surface area is 182 Å². The van der Waals surface area contributed by atoms with Gasteiger partial charge in [0.05, 0.1) is 23.4 Å². The number of aromatic nitrogens is 2. The number of rotatable bonds is 8. The zero-order chi connectivity index (χ0) is 21.6. The SMILES string of the molecule is C=Nc1ccc(C)cc1C(=O)NCNCCN1CCC(c2[nH]nc3ccccc23)CC1. The number of carbonyl (C=O) groups is 1. The van der Waals surface area contributed by atoms with Crippen LogP contribution < -0.4 is 10.6 Å². The molecule has 1 amide bonds. The van der Waals surface area contributed by atoms with Gasteiger partial charge in [-0.25, -0.2) is 0 Å². The molecular formula is C24H30N6O. The quantitative estimate of drug-likeness (QED) is 0.297. The van der Waals surface area contributed by atoms with Gasteiger partial charge in [-0.3, -0.25) is 20.2 Å². The Morgan fingerprint density at radius 3 is 2.87 bits per heavy atom. The standard InChI is InChI=1S/C24H30N6O/c1-17-7-8-21(25-2)20(15-17)24(31)27-16-26-11-14-30-12-9-18(10-13-30)23-19-5-3-4-6-22(19)28-29-23/h3-8,15,18,26H,2,9-14,16H2,1H3,(H,27,31)(H,28,29). The van der Waals surface area contributed by atoms with E-state index in [1.54, 1.807) is 0 Å². The van der Waals surface area contributed by atoms with E-state index in [0.29, 0.717) is 23.8 Å². The molecule has 1 aliphatic heterocycles. The molecule has 0 saturated carbocycles. The number of aryl methyl sites for hydroxylation is 1. The predicted molar refractivity (Wildman–Crippen MR) is 125 cm³/mol. The van der Waals surface area contributed by atoms with E-state index >= 15 is 0 Å². The van der Waals surface area contributed by atoms with Crippen LogP contribution in [0.25, 0.3) is 10.9 Å². The number of carbonyl (C=O) groups excluding carboxylic acids is 1. The van der Waals surface area contributed by atoms with Crippen LogP contribution in [0.3, 0.4) is 0 Å². The highest BCUT2D eigenvalue weighted by atomic mass is 16.1. The molecule has 0 radical (unpaired) electrons. The molecular weight excluding hydrogens is 388 g/mol. The van der Waals surface area contributed by atoms with Crippen molar-refractivity contribution in [2.24, 2.45) is 4.99 Å². The second-order valence-electron chi connectivity index (χ2n) is 8.13. The number of hydrogen-bond donors (Lipinski definition) is 3. The van der Waals surface area contributed by atoms with Crippen molar-refractivity contribution in [2.45, 2.75) is 25.7 Å². The molecule has 0 unspecified atom stereocenters. The minimum Gasteiger partial charge on any atom is -0.339 e. The van der Waals surface area contributed by atoms with Crippen molar-refractivity contribution >= 4 is 29.2 Å². The highest BCUT2D eigenvalue weighted by Crippen LogP contribution is 2.31. The molecule has 0 bridgehead atoms. The number of nitrogens with one attached hydrogen (secondary N) is 3. The van der Waals surface area contributed by atoms with Crippen LogP contribution in [0.5, 0.6) is 0 Å². The monoisotopic (exact) mass is 418 g/mol. The molecule has 2 aromatic carbocycles. The van der Waals surface area contributed by atoms with Crippen LogP contribution in [0.2, 0.25) is 0 Å². The van der Waals surface area contributed by atoms with Gasteiger partial charge in [-0.1, -0.05) is 29.8 Å². The van der Waals surface area contributed by atoms with Crippen LogP contribution in [0.1, 0.15) is 40.4 Å². The number of nitrogens with zero attached hydrogens (tertiary/aromatic N) is 3. The second-order valence-corrected chi connectivity index (χ2v) is 8.13. The summed E-state index contributed by atoms with van der Waals surface area (Å²) in [7, 11) is 0. The van der Waals surface area contributed by atoms with Crippen LogP contribution in [0.4, 0.5) is 5.69 Å². The van der Waals surface area contributed by atoms with E-state index in [9.17, 15) is 4.79 Å². The summed E-state index contributed by atoms with van der Waals surface area (Å²) in [4.78, 5) is 18.8. The van der Waals surface area contributed by atoms with Gasteiger partial charge in [-0.05, 0) is 57.8 Å². The molecule has 3 N–H and O–H groups in total. The minimum atomic E-state index is -0.133. The average Bonchev–Trinajstić information content (AvgIpc) is 3.23. The van der Waals surface area contributed by atoms with Gasteiger partial charge < -0.3 is 10.2 Å². The lowest BCUT2D eigenvalue weighted by molar-refractivity contribution is 0.0950. The third-order valence-corrected chi connectivity index (χ3v) is 6.03. The lowest BCUT2D eigenvalue weighted by Crippen LogP contribution is -2.41. The maximum absolute atomic E-state index is 12.4. The zero-order valence-corrected chi connectivity index (χ0v) is 18.0. The molecule has 0 spiro atoms. The van der Waals surface area contributed by atoms with Crippen LogP contribution in [-0.4, -0.2) is 60.6 Å². The first kappa shape index (κ1) is 21.2. The summed E-state index contributed by atoms with van der Waals surface area (Å²) in [6, 6.07) is 13.9. The number of aliphatic imine (C=N–C) groups is 1. The number of H-pyrrole nitrogens is 1. The van der Waals surface area contributed by atoms with Crippen molar-refractivity contribution in [3.05, 3.63) is 59.3 Å². The van der Waals surface area contributed by atoms with E-state index in [1.165, 1.54) is 11.1 Å². The molecule has 7 heteroatoms. The Morgan fingerprint density at radius 2 is 2.06 bits per heavy atom. The van der Waals surface area contributed by atoms with Crippen molar-refractivity contribution < 1.29 is 4.79 Å². The van der Waals surface area contributed by atoms with E-state index in [0.717, 1.165) is 50.1 Å². The molecule has 162 valence electrons. The molecule has 2 heterocycles. The van der Waals surface area contributed by atoms with Crippen molar-refractivity contribution in [2.75, 3.05) is 32.8 Å². The van der Waals surface area contributed by atoms with Gasteiger partial charge in [-0.15, -0.1) is 0 Å². The predicted octanol–water partition coefficient (Wildman–Crippen LogP) is 3.36. The van der Waals surface area contributed by atoms with Crippen molar-refractivity contribution in [3.8, 4) is 0 Å². The molecule has 0 atom stereocenters. The van der Waals surface area contributed by atoms with E-state index in [4.69, 9.17) is 0 Å². The van der Waals surface area contributed by atoms with Crippen LogP contribution in [0, 0.1) is 6.92 Å². The number of likely N-dealkylation sites (tertiary alicyclic amines) is 1. The summed E-state index contributed by atoms with van der Waals surface area (Å²) < 4.78 is 0. The van der Waals surface area contributed by atoms with Crippen molar-refractivity contribution in [1.82, 2.24) is 25.7 Å². The Balaban J connectivity index is 1.18. The Morgan fingerprint density at radius 1 is 1.26 bits per heavy atom. The Hall–Kier alpha value is -3.03. The van der Waals surface area contributed by atoms with Gasteiger partial charge in [0.25, 0.3) is 5.91 Å². The van der Waals surface area contributed by atoms with Gasteiger partial charge in [0.1, 0.15) is 0 Å². The van der Waals surface area contributed by atoms with Gasteiger partial charge in [0.2, 0.25) is 0 Å². The summed E-state index contributed by atoms with van der Waals surface area (Å²) in [5.74, 6) is 0.407. The first-order valence-corrected chi connectivity index (χ1v) is 10.9. The summed E-state index contributed by atoms with van der Waals surface area (Å²) in [5.41, 5.74) is 4.52. The maximum Gasteiger partial charge on any atom is 0.254 e. The van der Waals surface area contributed by atoms with E-state index in [-0.39, 0.29) is 5.91 Å². The number of amides is 1. The number of aromatic amines is 1. The van der Waals surface area contributed by atoms with E-state index in [2.05, 4.69) is 55.6 Å². The van der Waals surface area contributed by atoms with Gasteiger partial charge in [0.15, 0.2) is 0 Å². The Bertz CT molecular complexity index is 1050. The smallest absolute Gasteiger partial charge is 0.254 e. The second kappa shape index (κ2) is 9.85. The molecule has 1 saturated heterocycles. The van der Waals surface area contributed by atoms with Gasteiger partial charge in [-0.2, -0.15) is 5.10 Å². The molecule has 0 aliphatic carbocycles. The summed E-state index contributed by atoms with van der Waals surface area (Å²) in [5, 5.41) is 15.2. The normalized spacial score (nSPS) is 15.3. The third-order valence-electron chi connectivity index (χ3n) is 6.03. The van der Waals surface area contributed by atoms with Crippen molar-refractivity contribution in [1.29, 1.82) is 0 Å². The molecule has 3 aromatic rings. The molecule has 4 rings (SSSR count). The average molecular weight is 419 g/mol. The highest BCUT2D eigenvalue weighted by Gasteiger charge is 2.23. The number of fused-ring (bicyclic) bond motifs is 1. The van der Waals surface area contributed by atoms with Crippen LogP contribution in [0.15, 0.2) is 47.5 Å². The highest BCUT2D eigenvalue weighted by molar-refractivity contribution is 5.99. The lowest BCUT2D eigenvalue weighted by Gasteiger charge is -2.31. The summed E-state index contributed by atoms with van der Waals surface area (Å²) >= 11 is 0. The molecule has 1 fully saturated rings. The number of benzene rings is 2. The molecule has 1 aliphatic rings.